The number of aromatic nitrogens is 2. The Balaban J connectivity index is 1.47. The number of rotatable bonds is 4. The van der Waals surface area contributed by atoms with E-state index in [1.807, 2.05) is 13.8 Å². The van der Waals surface area contributed by atoms with Crippen LogP contribution in [0.4, 0.5) is 4.39 Å². The van der Waals surface area contributed by atoms with Gasteiger partial charge in [0.05, 0.1) is 15.4 Å². The molecule has 1 fully saturated rings. The predicted octanol–water partition coefficient (Wildman–Crippen LogP) is 8.51. The summed E-state index contributed by atoms with van der Waals surface area (Å²) in [5.74, 6) is -0.174. The van der Waals surface area contributed by atoms with Gasteiger partial charge in [0.15, 0.2) is 5.75 Å². The first-order chi connectivity index (χ1) is 26.2. The number of piperazine rings is 1. The first-order valence-electron chi connectivity index (χ1n) is 18.1. The third-order valence-corrected chi connectivity index (χ3v) is 11.8. The van der Waals surface area contributed by atoms with Crippen molar-refractivity contribution in [3.05, 3.63) is 81.3 Å². The molecule has 55 heavy (non-hydrogen) atoms. The number of benzene rings is 3. The minimum absolute atomic E-state index is 0.0438. The molecule has 14 heteroatoms. The lowest BCUT2D eigenvalue weighted by molar-refractivity contribution is -0.163. The molecule has 290 valence electrons. The van der Waals surface area contributed by atoms with Gasteiger partial charge < -0.3 is 29.0 Å². The summed E-state index contributed by atoms with van der Waals surface area (Å²) in [7, 11) is 2.10. The second kappa shape index (κ2) is 15.7. The van der Waals surface area contributed by atoms with Crippen LogP contribution in [0.25, 0.3) is 31.8 Å². The third kappa shape index (κ3) is 8.34. The van der Waals surface area contributed by atoms with Gasteiger partial charge in [-0.1, -0.05) is 35.3 Å². The van der Waals surface area contributed by atoms with E-state index >= 15 is 0 Å². The number of carbonyl (C=O) groups is 1. The van der Waals surface area contributed by atoms with Crippen molar-refractivity contribution in [3.8, 4) is 44.7 Å². The Labute approximate surface area is 333 Å². The molecule has 10 nitrogen and oxygen atoms in total. The van der Waals surface area contributed by atoms with Crippen LogP contribution in [0.15, 0.2) is 48.8 Å². The van der Waals surface area contributed by atoms with Crippen LogP contribution in [-0.4, -0.2) is 95.0 Å². The van der Waals surface area contributed by atoms with Gasteiger partial charge in [0.25, 0.3) is 0 Å². The van der Waals surface area contributed by atoms with Crippen LogP contribution in [-0.2, 0) is 16.0 Å². The van der Waals surface area contributed by atoms with Crippen LogP contribution < -0.4 is 14.2 Å². The molecule has 8 rings (SSSR count). The van der Waals surface area contributed by atoms with E-state index in [9.17, 15) is 14.3 Å². The monoisotopic (exact) mass is 808 g/mol. The number of thiophene rings is 1. The summed E-state index contributed by atoms with van der Waals surface area (Å²) in [6, 6.07) is 11.0. The van der Waals surface area contributed by atoms with Gasteiger partial charge in [-0.25, -0.2) is 19.2 Å². The molecule has 0 unspecified atom stereocenters. The zero-order valence-electron chi connectivity index (χ0n) is 31.5. The summed E-state index contributed by atoms with van der Waals surface area (Å²) >= 11 is 15.9. The predicted molar refractivity (Wildman–Crippen MR) is 214 cm³/mol. The zero-order chi connectivity index (χ0) is 39.2. The number of aromatic hydroxyl groups is 1. The number of ether oxygens (including phenoxy) is 4. The van der Waals surface area contributed by atoms with Gasteiger partial charge in [0.1, 0.15) is 46.8 Å². The van der Waals surface area contributed by atoms with Crippen LogP contribution in [0.5, 0.6) is 23.1 Å². The van der Waals surface area contributed by atoms with E-state index in [1.54, 1.807) is 45.0 Å². The van der Waals surface area contributed by atoms with Gasteiger partial charge in [0, 0.05) is 55.1 Å². The highest BCUT2D eigenvalue weighted by atomic mass is 35.5. The quantitative estimate of drug-likeness (QED) is 0.178. The highest BCUT2D eigenvalue weighted by Gasteiger charge is 2.33. The third-order valence-electron chi connectivity index (χ3n) is 9.78. The topological polar surface area (TPSA) is 106 Å². The number of carbonyl (C=O) groups excluding carboxylic acids is 1. The second-order valence-corrected chi connectivity index (χ2v) is 16.8. The fourth-order valence-electron chi connectivity index (χ4n) is 6.94. The maximum atomic E-state index is 14.3. The van der Waals surface area contributed by atoms with Crippen LogP contribution >= 0.6 is 34.5 Å². The lowest BCUT2D eigenvalue weighted by atomic mass is 9.92. The fraction of sp³-hybridized carbons (Fsp3) is 0.390. The van der Waals surface area contributed by atoms with E-state index in [4.69, 9.17) is 42.1 Å². The summed E-state index contributed by atoms with van der Waals surface area (Å²) in [5, 5.41) is 12.2. The van der Waals surface area contributed by atoms with E-state index in [-0.39, 0.29) is 30.5 Å². The Bertz CT molecular complexity index is 2210. The molecular weight excluding hydrogens is 766 g/mol. The summed E-state index contributed by atoms with van der Waals surface area (Å²) in [5.41, 5.74) is 3.00. The largest absolute Gasteiger partial charge is 0.508 e. The lowest BCUT2D eigenvalue weighted by Crippen LogP contribution is -2.49. The molecule has 5 aromatic rings. The highest BCUT2D eigenvalue weighted by Crippen LogP contribution is 2.53. The molecule has 0 saturated carbocycles. The van der Waals surface area contributed by atoms with Gasteiger partial charge in [-0.15, -0.1) is 11.3 Å². The first kappa shape index (κ1) is 39.1. The molecule has 1 N–H and O–H groups in total. The molecule has 3 aliphatic heterocycles. The van der Waals surface area contributed by atoms with Crippen LogP contribution in [0.3, 0.4) is 0 Å². The number of likely N-dealkylation sites (N-methyl/N-ethyl adjacent to an activating group) is 1. The molecule has 4 bridgehead atoms. The SMILES string of the molecule is Cc1c(Cl)c2c(Cl)c(C)c1-c1c(-c3ccc(F)cc3)sc3ncnc(c13)O[C@@H](C(=O)OC(C)(C)C)Cc1cc(ccc1O)OC[C@@H](CN1CCN(C)CC1)O2. The van der Waals surface area contributed by atoms with E-state index in [2.05, 4.69) is 26.8 Å². The minimum Gasteiger partial charge on any atom is -0.508 e. The molecule has 2 atom stereocenters. The van der Waals surface area contributed by atoms with E-state index in [0.29, 0.717) is 66.1 Å². The lowest BCUT2D eigenvalue weighted by Gasteiger charge is -2.35. The van der Waals surface area contributed by atoms with Crippen LogP contribution in [0.1, 0.15) is 37.5 Å². The van der Waals surface area contributed by atoms with Crippen molar-refractivity contribution >= 4 is 50.7 Å². The van der Waals surface area contributed by atoms with Gasteiger partial charge in [-0.05, 0) is 94.3 Å². The number of fused-ring (bicyclic) bond motifs is 7. The van der Waals surface area contributed by atoms with Crippen molar-refractivity contribution in [2.75, 3.05) is 46.4 Å². The average molecular weight is 810 g/mol. The fourth-order valence-corrected chi connectivity index (χ4v) is 8.60. The van der Waals surface area contributed by atoms with Gasteiger partial charge in [0.2, 0.25) is 12.0 Å². The zero-order valence-corrected chi connectivity index (χ0v) is 33.9. The number of phenolic OH excluding ortho intramolecular Hbond substituents is 1. The number of phenols is 1. The molecule has 3 aliphatic rings. The molecule has 0 aliphatic carbocycles. The number of hydrogen-bond acceptors (Lipinski definition) is 11. The Kier molecular flexibility index (Phi) is 11.2. The maximum Gasteiger partial charge on any atom is 0.348 e. The van der Waals surface area contributed by atoms with Gasteiger partial charge >= 0.3 is 5.97 Å². The number of halogens is 3. The van der Waals surface area contributed by atoms with E-state index in [0.717, 1.165) is 36.6 Å². The highest BCUT2D eigenvalue weighted by molar-refractivity contribution is 7.22. The number of nitrogens with zero attached hydrogens (tertiary/aromatic N) is 4. The summed E-state index contributed by atoms with van der Waals surface area (Å²) in [4.78, 5) is 29.0. The Morgan fingerprint density at radius 1 is 1.00 bits per heavy atom. The van der Waals surface area contributed by atoms with Crippen LogP contribution in [0, 0.1) is 19.7 Å². The molecule has 0 radical (unpaired) electrons. The van der Waals surface area contributed by atoms with Crippen molar-refractivity contribution in [2.45, 2.75) is 58.8 Å². The van der Waals surface area contributed by atoms with Crippen molar-refractivity contribution in [2.24, 2.45) is 0 Å². The van der Waals surface area contributed by atoms with Crippen LogP contribution in [0.2, 0.25) is 10.0 Å². The van der Waals surface area contributed by atoms with Gasteiger partial charge in [-0.2, -0.15) is 0 Å². The number of hydrogen-bond donors (Lipinski definition) is 1. The normalized spacial score (nSPS) is 18.3. The second-order valence-electron chi connectivity index (χ2n) is 15.0. The van der Waals surface area contributed by atoms with Crippen molar-refractivity contribution in [1.29, 1.82) is 0 Å². The molecule has 3 aromatic carbocycles. The van der Waals surface area contributed by atoms with Crippen molar-refractivity contribution in [1.82, 2.24) is 19.8 Å². The molecule has 0 spiro atoms. The smallest absolute Gasteiger partial charge is 0.348 e. The Morgan fingerprint density at radius 3 is 2.36 bits per heavy atom. The molecular formula is C41H43Cl2FN4O6S. The Morgan fingerprint density at radius 2 is 1.69 bits per heavy atom. The molecule has 0 amide bonds. The van der Waals surface area contributed by atoms with E-state index in [1.165, 1.54) is 35.9 Å². The standard InChI is InChI=1S/C41H43Cl2FN4O6S/c1-22-31-23(2)35(43)36(34(22)42)52-28(19-48-15-13-47(6)14-16-48)20-51-27-11-12-29(49)25(17-27)18-30(40(50)54-41(3,4)5)53-38-33-32(31)37(55-39(33)46-21-45-38)24-7-9-26(44)10-8-24/h7-12,17,21,28,30,49H,13-16,18-20H2,1-6H3/t28-,30-/m1/s1. The molecule has 2 aromatic heterocycles. The molecule has 1 saturated heterocycles. The van der Waals surface area contributed by atoms with E-state index < -0.39 is 23.8 Å². The van der Waals surface area contributed by atoms with Crippen molar-refractivity contribution < 1.29 is 33.2 Å². The summed E-state index contributed by atoms with van der Waals surface area (Å²) in [6.45, 7) is 13.3. The summed E-state index contributed by atoms with van der Waals surface area (Å²) < 4.78 is 39.8. The molecule has 5 heterocycles. The van der Waals surface area contributed by atoms with Gasteiger partial charge in [-0.3, -0.25) is 4.90 Å². The number of esters is 1. The average Bonchev–Trinajstić information content (AvgIpc) is 3.52. The Hall–Kier alpha value is -4.20. The summed E-state index contributed by atoms with van der Waals surface area (Å²) in [6.07, 6.45) is -0.449. The van der Waals surface area contributed by atoms with Crippen molar-refractivity contribution in [3.63, 3.8) is 0 Å². The first-order valence-corrected chi connectivity index (χ1v) is 19.7. The maximum absolute atomic E-state index is 14.3. The minimum atomic E-state index is -1.25.